The molecule has 1 aromatic carbocycles. The monoisotopic (exact) mass is 230 g/mol. The molecule has 0 amide bonds. The lowest BCUT2D eigenvalue weighted by molar-refractivity contribution is 0.0599. The minimum absolute atomic E-state index is 0.243. The highest BCUT2D eigenvalue weighted by Gasteiger charge is 2.14. The number of esters is 1. The van der Waals surface area contributed by atoms with Crippen LogP contribution in [0.25, 0.3) is 0 Å². The molecule has 0 radical (unpaired) electrons. The summed E-state index contributed by atoms with van der Waals surface area (Å²) in [5.74, 6) is -0.547. The lowest BCUT2D eigenvalue weighted by atomic mass is 10.1. The van der Waals surface area contributed by atoms with Gasteiger partial charge in [-0.25, -0.2) is 4.79 Å². The number of ether oxygens (including phenoxy) is 1. The second-order valence-corrected chi connectivity index (χ2v) is 4.36. The Morgan fingerprint density at radius 3 is 2.40 bits per heavy atom. The van der Waals surface area contributed by atoms with Crippen molar-refractivity contribution in [3.05, 3.63) is 29.3 Å². The van der Waals surface area contributed by atoms with Crippen LogP contribution in [-0.4, -0.2) is 26.0 Å². The fourth-order valence-corrected chi connectivity index (χ4v) is 1.70. The van der Waals surface area contributed by atoms with Crippen LogP contribution < -0.4 is 0 Å². The summed E-state index contributed by atoms with van der Waals surface area (Å²) in [5.41, 5.74) is 0.696. The van der Waals surface area contributed by atoms with E-state index in [9.17, 15) is 13.2 Å². The Labute approximate surface area is 87.4 Å². The Hall–Kier alpha value is -1.40. The van der Waals surface area contributed by atoms with Gasteiger partial charge in [-0.15, -0.1) is 0 Å². The minimum atomic E-state index is -4.23. The van der Waals surface area contributed by atoms with Gasteiger partial charge in [0.1, 0.15) is 0 Å². The third-order valence-electron chi connectivity index (χ3n) is 1.90. The summed E-state index contributed by atoms with van der Waals surface area (Å²) >= 11 is 0. The van der Waals surface area contributed by atoms with Crippen molar-refractivity contribution in [3.63, 3.8) is 0 Å². The molecule has 0 heterocycles. The molecule has 0 fully saturated rings. The normalized spacial score (nSPS) is 11.1. The lowest BCUT2D eigenvalue weighted by Crippen LogP contribution is -2.06. The fourth-order valence-electron chi connectivity index (χ4n) is 1.14. The molecule has 82 valence electrons. The number of benzene rings is 1. The fraction of sp³-hybridized carbons (Fsp3) is 0.222. The highest BCUT2D eigenvalue weighted by molar-refractivity contribution is 7.85. The van der Waals surface area contributed by atoms with Gasteiger partial charge < -0.3 is 4.74 Å². The van der Waals surface area contributed by atoms with Gasteiger partial charge in [0.25, 0.3) is 10.1 Å². The first-order chi connectivity index (χ1) is 6.86. The molecule has 15 heavy (non-hydrogen) atoms. The van der Waals surface area contributed by atoms with Gasteiger partial charge in [0.05, 0.1) is 17.6 Å². The molecule has 0 saturated heterocycles. The second kappa shape index (κ2) is 4.00. The summed E-state index contributed by atoms with van der Waals surface area (Å²) in [6.45, 7) is 1.56. The van der Waals surface area contributed by atoms with Crippen molar-refractivity contribution in [2.45, 2.75) is 11.8 Å². The van der Waals surface area contributed by atoms with Crippen LogP contribution in [0.5, 0.6) is 0 Å². The maximum atomic E-state index is 11.2. The molecule has 0 spiro atoms. The van der Waals surface area contributed by atoms with E-state index in [1.165, 1.54) is 19.2 Å². The third-order valence-corrected chi connectivity index (χ3v) is 2.75. The van der Waals surface area contributed by atoms with E-state index in [0.29, 0.717) is 5.56 Å². The Kier molecular flexibility index (Phi) is 3.11. The van der Waals surface area contributed by atoms with E-state index in [0.717, 1.165) is 6.07 Å². The van der Waals surface area contributed by atoms with Crippen molar-refractivity contribution < 1.29 is 22.5 Å². The van der Waals surface area contributed by atoms with Gasteiger partial charge in [-0.05, 0) is 30.7 Å². The van der Waals surface area contributed by atoms with Crippen LogP contribution in [0.3, 0.4) is 0 Å². The van der Waals surface area contributed by atoms with E-state index in [1.807, 2.05) is 0 Å². The van der Waals surface area contributed by atoms with Crippen molar-refractivity contribution >= 4 is 16.1 Å². The van der Waals surface area contributed by atoms with E-state index in [4.69, 9.17) is 4.55 Å². The van der Waals surface area contributed by atoms with Crippen molar-refractivity contribution in [1.29, 1.82) is 0 Å². The van der Waals surface area contributed by atoms with Gasteiger partial charge in [0.2, 0.25) is 0 Å². The Bertz CT molecular complexity index is 489. The van der Waals surface area contributed by atoms with E-state index in [1.54, 1.807) is 6.92 Å². The van der Waals surface area contributed by atoms with Crippen molar-refractivity contribution in [2.24, 2.45) is 0 Å². The maximum absolute atomic E-state index is 11.2. The molecule has 0 aromatic heterocycles. The molecule has 1 rings (SSSR count). The summed E-state index contributed by atoms with van der Waals surface area (Å²) in [7, 11) is -2.99. The average molecular weight is 230 g/mol. The largest absolute Gasteiger partial charge is 0.465 e. The molecule has 5 nitrogen and oxygen atoms in total. The van der Waals surface area contributed by atoms with Gasteiger partial charge in [-0.1, -0.05) is 0 Å². The number of hydrogen-bond donors (Lipinski definition) is 1. The van der Waals surface area contributed by atoms with Gasteiger partial charge in [0.15, 0.2) is 0 Å². The minimum Gasteiger partial charge on any atom is -0.465 e. The number of carbonyl (C=O) groups is 1. The number of aryl methyl sites for hydroxylation is 1. The summed E-state index contributed by atoms with van der Waals surface area (Å²) in [6, 6.07) is 3.65. The molecule has 0 aliphatic carbocycles. The van der Waals surface area contributed by atoms with E-state index >= 15 is 0 Å². The first-order valence-corrected chi connectivity index (χ1v) is 5.46. The van der Waals surface area contributed by atoms with Gasteiger partial charge in [-0.2, -0.15) is 8.42 Å². The molecule has 0 unspecified atom stereocenters. The van der Waals surface area contributed by atoms with E-state index in [2.05, 4.69) is 4.74 Å². The van der Waals surface area contributed by atoms with Crippen LogP contribution in [0.4, 0.5) is 0 Å². The Balaban J connectivity index is 3.27. The van der Waals surface area contributed by atoms with Crippen LogP contribution >= 0.6 is 0 Å². The molecule has 0 aliphatic heterocycles. The first-order valence-electron chi connectivity index (χ1n) is 4.02. The zero-order valence-electron chi connectivity index (χ0n) is 8.22. The second-order valence-electron chi connectivity index (χ2n) is 2.94. The van der Waals surface area contributed by atoms with Crippen molar-refractivity contribution in [2.75, 3.05) is 7.11 Å². The molecule has 1 aromatic rings. The number of carbonyl (C=O) groups excluding carboxylic acids is 1. The van der Waals surface area contributed by atoms with Crippen LogP contribution in [0.15, 0.2) is 23.1 Å². The topological polar surface area (TPSA) is 80.7 Å². The van der Waals surface area contributed by atoms with Crippen molar-refractivity contribution in [1.82, 2.24) is 0 Å². The quantitative estimate of drug-likeness (QED) is 0.606. The predicted molar refractivity (Wildman–Crippen MR) is 52.3 cm³/mol. The number of rotatable bonds is 2. The summed E-state index contributed by atoms with van der Waals surface area (Å²) < 4.78 is 34.8. The third kappa shape index (κ3) is 2.54. The molecular formula is C9H10O5S. The van der Waals surface area contributed by atoms with Gasteiger partial charge in [0, 0.05) is 0 Å². The Morgan fingerprint density at radius 1 is 1.40 bits per heavy atom. The smallest absolute Gasteiger partial charge is 0.338 e. The molecule has 0 aliphatic rings. The standard InChI is InChI=1S/C9H10O5S/c1-6-5-7(15(11,12)13)3-4-8(6)9(10)14-2/h3-5H,1-2H3,(H,11,12,13). The summed E-state index contributed by atoms with van der Waals surface area (Å²) in [5, 5.41) is 0. The molecule has 0 atom stereocenters. The van der Waals surface area contributed by atoms with Crippen LogP contribution in [0, 0.1) is 6.92 Å². The number of hydrogen-bond acceptors (Lipinski definition) is 4. The number of methoxy groups -OCH3 is 1. The molecule has 1 N–H and O–H groups in total. The summed E-state index contributed by atoms with van der Waals surface area (Å²) in [6.07, 6.45) is 0. The van der Waals surface area contributed by atoms with Crippen LogP contribution in [0.2, 0.25) is 0 Å². The van der Waals surface area contributed by atoms with Gasteiger partial charge >= 0.3 is 5.97 Å². The summed E-state index contributed by atoms with van der Waals surface area (Å²) in [4.78, 5) is 10.9. The molecule has 0 saturated carbocycles. The highest BCUT2D eigenvalue weighted by atomic mass is 32.2. The van der Waals surface area contributed by atoms with Gasteiger partial charge in [-0.3, -0.25) is 4.55 Å². The lowest BCUT2D eigenvalue weighted by Gasteiger charge is -2.04. The van der Waals surface area contributed by atoms with Crippen LogP contribution in [0.1, 0.15) is 15.9 Å². The van der Waals surface area contributed by atoms with Crippen LogP contribution in [-0.2, 0) is 14.9 Å². The highest BCUT2D eigenvalue weighted by Crippen LogP contribution is 2.15. The SMILES string of the molecule is COC(=O)c1ccc(S(=O)(=O)O)cc1C. The molecular weight excluding hydrogens is 220 g/mol. The Morgan fingerprint density at radius 2 is 2.00 bits per heavy atom. The zero-order valence-corrected chi connectivity index (χ0v) is 9.04. The van der Waals surface area contributed by atoms with E-state index < -0.39 is 16.1 Å². The average Bonchev–Trinajstić information content (AvgIpc) is 2.15. The predicted octanol–water partition coefficient (Wildman–Crippen LogP) is 1.03. The first kappa shape index (κ1) is 11.7. The molecule has 0 bridgehead atoms. The molecule has 6 heteroatoms. The van der Waals surface area contributed by atoms with E-state index in [-0.39, 0.29) is 10.5 Å². The van der Waals surface area contributed by atoms with Crippen molar-refractivity contribution in [3.8, 4) is 0 Å². The maximum Gasteiger partial charge on any atom is 0.338 e. The zero-order chi connectivity index (χ0) is 11.6.